The molecule has 1 aromatic rings. The second kappa shape index (κ2) is 4.05. The third-order valence-electron chi connectivity index (χ3n) is 2.87. The van der Waals surface area contributed by atoms with Crippen molar-refractivity contribution in [1.29, 1.82) is 0 Å². The van der Waals surface area contributed by atoms with Crippen molar-refractivity contribution in [2.45, 2.75) is 31.4 Å². The molecule has 1 aliphatic rings. The standard InChI is InChI=1S/C11H14N2O2S/c1-7-6-12-10(13-8(7)9(14)15)11(2)4-3-5-16-11/h6H,3-5H2,1-2H3,(H,14,15). The van der Waals surface area contributed by atoms with E-state index in [9.17, 15) is 4.79 Å². The van der Waals surface area contributed by atoms with E-state index in [0.29, 0.717) is 11.4 Å². The molecule has 16 heavy (non-hydrogen) atoms. The molecule has 1 N–H and O–H groups in total. The molecule has 1 atom stereocenters. The minimum Gasteiger partial charge on any atom is -0.477 e. The van der Waals surface area contributed by atoms with Crippen molar-refractivity contribution in [3.8, 4) is 0 Å². The number of aromatic nitrogens is 2. The average molecular weight is 238 g/mol. The van der Waals surface area contributed by atoms with Crippen LogP contribution < -0.4 is 0 Å². The Morgan fingerprint density at radius 2 is 2.38 bits per heavy atom. The fraction of sp³-hybridized carbons (Fsp3) is 0.545. The quantitative estimate of drug-likeness (QED) is 0.856. The Balaban J connectivity index is 2.43. The molecule has 5 heteroatoms. The van der Waals surface area contributed by atoms with Crippen LogP contribution in [0, 0.1) is 6.92 Å². The van der Waals surface area contributed by atoms with Gasteiger partial charge in [0.2, 0.25) is 0 Å². The van der Waals surface area contributed by atoms with Gasteiger partial charge in [-0.2, -0.15) is 0 Å². The van der Waals surface area contributed by atoms with Crippen molar-refractivity contribution in [2.75, 3.05) is 5.75 Å². The normalized spacial score (nSPS) is 24.6. The van der Waals surface area contributed by atoms with E-state index >= 15 is 0 Å². The lowest BCUT2D eigenvalue weighted by Crippen LogP contribution is -2.19. The van der Waals surface area contributed by atoms with Crippen LogP contribution in [-0.4, -0.2) is 26.8 Å². The van der Waals surface area contributed by atoms with Crippen LogP contribution in [0.4, 0.5) is 0 Å². The van der Waals surface area contributed by atoms with Gasteiger partial charge in [-0.15, -0.1) is 11.8 Å². The second-order valence-corrected chi connectivity index (χ2v) is 5.81. The minimum absolute atomic E-state index is 0.113. The maximum absolute atomic E-state index is 11.0. The van der Waals surface area contributed by atoms with Gasteiger partial charge in [-0.05, 0) is 32.4 Å². The van der Waals surface area contributed by atoms with Crippen LogP contribution >= 0.6 is 11.8 Å². The van der Waals surface area contributed by atoms with Gasteiger partial charge in [-0.1, -0.05) is 0 Å². The first kappa shape index (κ1) is 11.4. The predicted molar refractivity (Wildman–Crippen MR) is 62.8 cm³/mol. The van der Waals surface area contributed by atoms with Crippen molar-refractivity contribution < 1.29 is 9.90 Å². The lowest BCUT2D eigenvalue weighted by molar-refractivity contribution is 0.0689. The molecule has 0 radical (unpaired) electrons. The molecule has 2 rings (SSSR count). The summed E-state index contributed by atoms with van der Waals surface area (Å²) in [5.74, 6) is 0.765. The Hall–Kier alpha value is -1.10. The molecule has 0 bridgehead atoms. The van der Waals surface area contributed by atoms with E-state index in [1.165, 1.54) is 0 Å². The number of thioether (sulfide) groups is 1. The molecule has 86 valence electrons. The molecule has 0 aromatic carbocycles. The number of carbonyl (C=O) groups is 1. The van der Waals surface area contributed by atoms with Gasteiger partial charge < -0.3 is 5.11 Å². The largest absolute Gasteiger partial charge is 0.477 e. The molecule has 1 saturated heterocycles. The number of aromatic carboxylic acids is 1. The van der Waals surface area contributed by atoms with Gasteiger partial charge in [0.1, 0.15) is 5.82 Å². The Morgan fingerprint density at radius 1 is 1.62 bits per heavy atom. The highest BCUT2D eigenvalue weighted by Gasteiger charge is 2.34. The highest BCUT2D eigenvalue weighted by molar-refractivity contribution is 8.00. The van der Waals surface area contributed by atoms with Crippen molar-refractivity contribution >= 4 is 17.7 Å². The van der Waals surface area contributed by atoms with Gasteiger partial charge in [0, 0.05) is 11.8 Å². The molecule has 1 fully saturated rings. The molecule has 0 spiro atoms. The van der Waals surface area contributed by atoms with Crippen molar-refractivity contribution in [3.63, 3.8) is 0 Å². The molecule has 0 saturated carbocycles. The summed E-state index contributed by atoms with van der Waals surface area (Å²) in [7, 11) is 0. The monoisotopic (exact) mass is 238 g/mol. The Labute approximate surface area is 98.5 Å². The van der Waals surface area contributed by atoms with E-state index in [2.05, 4.69) is 16.9 Å². The van der Waals surface area contributed by atoms with Crippen molar-refractivity contribution in [3.05, 3.63) is 23.3 Å². The van der Waals surface area contributed by atoms with Gasteiger partial charge in [0.05, 0.1) is 4.75 Å². The molecular weight excluding hydrogens is 224 g/mol. The zero-order valence-electron chi connectivity index (χ0n) is 9.36. The number of nitrogens with zero attached hydrogens (tertiary/aromatic N) is 2. The molecule has 4 nitrogen and oxygen atoms in total. The first-order valence-electron chi connectivity index (χ1n) is 5.24. The van der Waals surface area contributed by atoms with Crippen LogP contribution in [0.25, 0.3) is 0 Å². The molecule has 0 amide bonds. The summed E-state index contributed by atoms with van der Waals surface area (Å²) in [6, 6.07) is 0. The van der Waals surface area contributed by atoms with Gasteiger partial charge in [-0.25, -0.2) is 14.8 Å². The molecule has 2 heterocycles. The number of hydrogen-bond acceptors (Lipinski definition) is 4. The highest BCUT2D eigenvalue weighted by atomic mass is 32.2. The zero-order valence-corrected chi connectivity index (χ0v) is 10.2. The maximum Gasteiger partial charge on any atom is 0.354 e. The summed E-state index contributed by atoms with van der Waals surface area (Å²) in [6.45, 7) is 3.80. The number of aryl methyl sites for hydroxylation is 1. The second-order valence-electron chi connectivity index (χ2n) is 4.21. The average Bonchev–Trinajstić information content (AvgIpc) is 2.66. The van der Waals surface area contributed by atoms with Crippen LogP contribution in [0.3, 0.4) is 0 Å². The van der Waals surface area contributed by atoms with Gasteiger partial charge in [-0.3, -0.25) is 0 Å². The van der Waals surface area contributed by atoms with Gasteiger partial charge in [0.25, 0.3) is 0 Å². The van der Waals surface area contributed by atoms with Crippen molar-refractivity contribution in [2.24, 2.45) is 0 Å². The van der Waals surface area contributed by atoms with Crippen LogP contribution in [0.5, 0.6) is 0 Å². The Kier molecular flexibility index (Phi) is 2.88. The molecule has 1 aliphatic heterocycles. The third-order valence-corrected chi connectivity index (χ3v) is 4.38. The molecular formula is C11H14N2O2S. The smallest absolute Gasteiger partial charge is 0.354 e. The van der Waals surface area contributed by atoms with Crippen LogP contribution in [-0.2, 0) is 4.75 Å². The van der Waals surface area contributed by atoms with E-state index < -0.39 is 5.97 Å². The van der Waals surface area contributed by atoms with E-state index in [4.69, 9.17) is 5.11 Å². The lowest BCUT2D eigenvalue weighted by Gasteiger charge is -2.20. The lowest BCUT2D eigenvalue weighted by atomic mass is 10.0. The topological polar surface area (TPSA) is 63.1 Å². The van der Waals surface area contributed by atoms with E-state index in [0.717, 1.165) is 18.6 Å². The molecule has 1 unspecified atom stereocenters. The fourth-order valence-electron chi connectivity index (χ4n) is 1.87. The SMILES string of the molecule is Cc1cnc(C2(C)CCCS2)nc1C(=O)O. The molecule has 1 aromatic heterocycles. The summed E-state index contributed by atoms with van der Waals surface area (Å²) >= 11 is 1.81. The minimum atomic E-state index is -0.979. The van der Waals surface area contributed by atoms with E-state index in [-0.39, 0.29) is 10.4 Å². The number of carboxylic acids is 1. The van der Waals surface area contributed by atoms with Crippen molar-refractivity contribution in [1.82, 2.24) is 9.97 Å². The van der Waals surface area contributed by atoms with Crippen LogP contribution in [0.15, 0.2) is 6.20 Å². The maximum atomic E-state index is 11.0. The summed E-state index contributed by atoms with van der Waals surface area (Å²) in [4.78, 5) is 19.5. The van der Waals surface area contributed by atoms with E-state index in [1.54, 1.807) is 24.9 Å². The van der Waals surface area contributed by atoms with Crippen LogP contribution in [0.2, 0.25) is 0 Å². The first-order valence-corrected chi connectivity index (χ1v) is 6.23. The summed E-state index contributed by atoms with van der Waals surface area (Å²) in [5, 5.41) is 9.02. The first-order chi connectivity index (χ1) is 7.53. The van der Waals surface area contributed by atoms with Gasteiger partial charge >= 0.3 is 5.97 Å². The number of hydrogen-bond donors (Lipinski definition) is 1. The highest BCUT2D eigenvalue weighted by Crippen LogP contribution is 2.44. The predicted octanol–water partition coefficient (Wildman–Crippen LogP) is 2.23. The zero-order chi connectivity index (χ0) is 11.8. The summed E-state index contributed by atoms with van der Waals surface area (Å²) < 4.78 is -0.113. The number of carboxylic acid groups (broad SMARTS) is 1. The summed E-state index contributed by atoms with van der Waals surface area (Å²) in [6.07, 6.45) is 3.76. The van der Waals surface area contributed by atoms with E-state index in [1.807, 2.05) is 0 Å². The molecule has 0 aliphatic carbocycles. The summed E-state index contributed by atoms with van der Waals surface area (Å²) in [5.41, 5.74) is 0.738. The number of rotatable bonds is 2. The fourth-order valence-corrected chi connectivity index (χ4v) is 3.12. The Morgan fingerprint density at radius 3 is 2.94 bits per heavy atom. The Bertz CT molecular complexity index is 428. The van der Waals surface area contributed by atoms with Crippen LogP contribution in [0.1, 0.15) is 41.6 Å². The third kappa shape index (κ3) is 1.91. The van der Waals surface area contributed by atoms with Gasteiger partial charge in [0.15, 0.2) is 5.69 Å².